The minimum Gasteiger partial charge on any atom is -0.416 e. The Morgan fingerprint density at radius 3 is 2.89 bits per heavy atom. The molecule has 18 heavy (non-hydrogen) atoms. The Bertz CT molecular complexity index is 498. The molecule has 0 saturated carbocycles. The Morgan fingerprint density at radius 2 is 2.11 bits per heavy atom. The fourth-order valence-corrected chi connectivity index (χ4v) is 2.44. The average Bonchev–Trinajstić information content (AvgIpc) is 2.83. The fraction of sp³-hybridized carbons (Fsp3) is 0.385. The summed E-state index contributed by atoms with van der Waals surface area (Å²) in [5.41, 5.74) is 6.40. The van der Waals surface area contributed by atoms with Crippen LogP contribution in [0, 0.1) is 6.92 Å². The lowest BCUT2D eigenvalue weighted by molar-refractivity contribution is -0.368. The summed E-state index contributed by atoms with van der Waals surface area (Å²) in [7, 11) is 0. The Kier molecular flexibility index (Phi) is 4.78. The summed E-state index contributed by atoms with van der Waals surface area (Å²) in [5.74, 6) is 1.58. The summed E-state index contributed by atoms with van der Waals surface area (Å²) in [6.45, 7) is 3.01. The number of rotatable bonds is 6. The van der Waals surface area contributed by atoms with Crippen molar-refractivity contribution in [2.45, 2.75) is 30.7 Å². The molecule has 0 aliphatic rings. The molecule has 0 amide bonds. The predicted molar refractivity (Wildman–Crippen MR) is 71.1 cm³/mol. The molecule has 2 aromatic rings. The number of hydrogen-bond donors (Lipinski definition) is 1. The Morgan fingerprint density at radius 1 is 1.28 bits per heavy atom. The third-order valence-corrected chi connectivity index (χ3v) is 3.57. The standard InChI is InChI=1S/C13H17N3OS/c1-10-5-2-3-6-11(10)9-18-13-16-15-12(17-13)7-4-8-14/h2-3,5-6H,4,7-9,14H2,1H3/p+1. The van der Waals surface area contributed by atoms with Gasteiger partial charge in [0.15, 0.2) is 0 Å². The van der Waals surface area contributed by atoms with Crippen LogP contribution in [0.25, 0.3) is 0 Å². The Hall–Kier alpha value is -1.33. The van der Waals surface area contributed by atoms with Gasteiger partial charge in [-0.1, -0.05) is 36.0 Å². The van der Waals surface area contributed by atoms with Gasteiger partial charge < -0.3 is 10.2 Å². The highest BCUT2D eigenvalue weighted by Gasteiger charge is 2.07. The summed E-state index contributed by atoms with van der Waals surface area (Å²) in [5, 5.41) is 8.71. The van der Waals surface area contributed by atoms with Gasteiger partial charge in [0.25, 0.3) is 5.22 Å². The van der Waals surface area contributed by atoms with E-state index in [4.69, 9.17) is 4.42 Å². The molecule has 2 rings (SSSR count). The lowest BCUT2D eigenvalue weighted by Gasteiger charge is -2.02. The van der Waals surface area contributed by atoms with E-state index in [-0.39, 0.29) is 0 Å². The van der Waals surface area contributed by atoms with E-state index in [0.29, 0.717) is 11.1 Å². The number of nitrogens with zero attached hydrogens (tertiary/aromatic N) is 2. The van der Waals surface area contributed by atoms with E-state index < -0.39 is 0 Å². The molecule has 4 nitrogen and oxygen atoms in total. The summed E-state index contributed by atoms with van der Waals surface area (Å²) >= 11 is 1.59. The summed E-state index contributed by atoms with van der Waals surface area (Å²) in [4.78, 5) is 0. The molecule has 1 heterocycles. The molecule has 0 aliphatic carbocycles. The van der Waals surface area contributed by atoms with Crippen molar-refractivity contribution in [1.82, 2.24) is 10.2 Å². The van der Waals surface area contributed by atoms with Gasteiger partial charge in [0, 0.05) is 18.6 Å². The third kappa shape index (κ3) is 3.58. The molecule has 5 heteroatoms. The van der Waals surface area contributed by atoms with Crippen molar-refractivity contribution in [3.8, 4) is 0 Å². The molecule has 0 fully saturated rings. The van der Waals surface area contributed by atoms with Crippen LogP contribution < -0.4 is 5.73 Å². The maximum absolute atomic E-state index is 5.56. The molecule has 0 spiro atoms. The van der Waals surface area contributed by atoms with Crippen molar-refractivity contribution < 1.29 is 10.2 Å². The van der Waals surface area contributed by atoms with Gasteiger partial charge in [0.1, 0.15) is 0 Å². The van der Waals surface area contributed by atoms with Crippen LogP contribution in [0.5, 0.6) is 0 Å². The molecule has 0 unspecified atom stereocenters. The highest BCUT2D eigenvalue weighted by atomic mass is 32.2. The number of aromatic nitrogens is 2. The highest BCUT2D eigenvalue weighted by Crippen LogP contribution is 2.23. The number of quaternary nitrogens is 1. The number of aryl methyl sites for hydroxylation is 2. The average molecular weight is 264 g/mol. The Labute approximate surface area is 111 Å². The van der Waals surface area contributed by atoms with Crippen molar-refractivity contribution in [2.24, 2.45) is 0 Å². The summed E-state index contributed by atoms with van der Waals surface area (Å²) < 4.78 is 5.56. The molecule has 1 aromatic heterocycles. The van der Waals surface area contributed by atoms with Crippen LogP contribution in [-0.4, -0.2) is 16.7 Å². The maximum Gasteiger partial charge on any atom is 0.276 e. The van der Waals surface area contributed by atoms with Crippen LogP contribution in [-0.2, 0) is 12.2 Å². The van der Waals surface area contributed by atoms with E-state index in [1.807, 2.05) is 6.07 Å². The molecule has 0 aliphatic heterocycles. The zero-order chi connectivity index (χ0) is 12.8. The largest absolute Gasteiger partial charge is 0.416 e. The van der Waals surface area contributed by atoms with Gasteiger partial charge >= 0.3 is 0 Å². The molecule has 0 radical (unpaired) electrons. The third-order valence-electron chi connectivity index (χ3n) is 2.70. The van der Waals surface area contributed by atoms with Crippen LogP contribution in [0.2, 0.25) is 0 Å². The molecular formula is C13H18N3OS+. The topological polar surface area (TPSA) is 66.6 Å². The first-order valence-corrected chi connectivity index (χ1v) is 7.07. The van der Waals surface area contributed by atoms with E-state index in [1.165, 1.54) is 11.1 Å². The monoisotopic (exact) mass is 264 g/mol. The van der Waals surface area contributed by atoms with Crippen LogP contribution in [0.4, 0.5) is 0 Å². The van der Waals surface area contributed by atoms with Gasteiger partial charge in [-0.2, -0.15) is 0 Å². The van der Waals surface area contributed by atoms with Crippen LogP contribution in [0.1, 0.15) is 23.4 Å². The second-order valence-electron chi connectivity index (χ2n) is 4.13. The quantitative estimate of drug-likeness (QED) is 0.809. The van der Waals surface area contributed by atoms with Crippen molar-refractivity contribution in [1.29, 1.82) is 0 Å². The number of benzene rings is 1. The van der Waals surface area contributed by atoms with E-state index in [2.05, 4.69) is 41.1 Å². The van der Waals surface area contributed by atoms with E-state index in [1.54, 1.807) is 11.8 Å². The zero-order valence-corrected chi connectivity index (χ0v) is 11.4. The van der Waals surface area contributed by atoms with Crippen LogP contribution in [0.3, 0.4) is 0 Å². The number of thioether (sulfide) groups is 1. The zero-order valence-electron chi connectivity index (χ0n) is 10.6. The van der Waals surface area contributed by atoms with E-state index in [9.17, 15) is 0 Å². The van der Waals surface area contributed by atoms with Crippen molar-refractivity contribution in [3.63, 3.8) is 0 Å². The van der Waals surface area contributed by atoms with Gasteiger partial charge in [-0.3, -0.25) is 0 Å². The molecule has 0 saturated heterocycles. The van der Waals surface area contributed by atoms with E-state index in [0.717, 1.165) is 25.1 Å². The molecule has 3 N–H and O–H groups in total. The van der Waals surface area contributed by atoms with Gasteiger partial charge in [0.05, 0.1) is 6.54 Å². The normalized spacial score (nSPS) is 10.8. The lowest BCUT2D eigenvalue weighted by Crippen LogP contribution is -2.50. The highest BCUT2D eigenvalue weighted by molar-refractivity contribution is 7.98. The number of hydrogen-bond acceptors (Lipinski definition) is 4. The van der Waals surface area contributed by atoms with Crippen LogP contribution in [0.15, 0.2) is 33.9 Å². The van der Waals surface area contributed by atoms with Crippen molar-refractivity contribution in [2.75, 3.05) is 6.54 Å². The summed E-state index contributed by atoms with van der Waals surface area (Å²) in [6.07, 6.45) is 1.81. The van der Waals surface area contributed by atoms with Crippen molar-refractivity contribution >= 4 is 11.8 Å². The van der Waals surface area contributed by atoms with Gasteiger partial charge in [-0.05, 0) is 18.1 Å². The summed E-state index contributed by atoms with van der Waals surface area (Å²) in [6, 6.07) is 8.34. The van der Waals surface area contributed by atoms with Gasteiger partial charge in [0.2, 0.25) is 5.89 Å². The molecule has 0 atom stereocenters. The SMILES string of the molecule is Cc1ccccc1CSc1nnc(CCC[NH3+])o1. The van der Waals surface area contributed by atoms with Crippen LogP contribution >= 0.6 is 11.8 Å². The second-order valence-corrected chi connectivity index (χ2v) is 5.06. The molecule has 0 bridgehead atoms. The first kappa shape index (κ1) is 13.1. The second kappa shape index (κ2) is 6.56. The first-order valence-electron chi connectivity index (χ1n) is 6.08. The Balaban J connectivity index is 1.90. The maximum atomic E-state index is 5.56. The minimum atomic E-state index is 0.650. The van der Waals surface area contributed by atoms with Crippen molar-refractivity contribution in [3.05, 3.63) is 41.3 Å². The molecular weight excluding hydrogens is 246 g/mol. The lowest BCUT2D eigenvalue weighted by atomic mass is 10.1. The van der Waals surface area contributed by atoms with E-state index >= 15 is 0 Å². The molecule has 1 aromatic carbocycles. The van der Waals surface area contributed by atoms with Gasteiger partial charge in [-0.25, -0.2) is 0 Å². The smallest absolute Gasteiger partial charge is 0.276 e. The first-order chi connectivity index (χ1) is 8.79. The molecule has 96 valence electrons. The van der Waals surface area contributed by atoms with Gasteiger partial charge in [-0.15, -0.1) is 10.2 Å². The minimum absolute atomic E-state index is 0.650. The predicted octanol–water partition coefficient (Wildman–Crippen LogP) is 1.84. The fourth-order valence-electron chi connectivity index (χ4n) is 1.59.